The normalized spacial score (nSPS) is 28.7. The summed E-state index contributed by atoms with van der Waals surface area (Å²) in [6.07, 6.45) is 0.441. The maximum absolute atomic E-state index is 12.0. The molecule has 1 amide bonds. The third-order valence-electron chi connectivity index (χ3n) is 6.36. The predicted octanol–water partition coefficient (Wildman–Crippen LogP) is 3.60. The van der Waals surface area contributed by atoms with E-state index in [1.54, 1.807) is 7.05 Å². The van der Waals surface area contributed by atoms with Crippen molar-refractivity contribution in [1.29, 1.82) is 0 Å². The second-order valence-electron chi connectivity index (χ2n) is 9.86. The Morgan fingerprint density at radius 2 is 1.63 bits per heavy atom. The van der Waals surface area contributed by atoms with E-state index in [-0.39, 0.29) is 22.5 Å². The Kier molecular flexibility index (Phi) is 4.68. The number of carbonyl (C=O) groups is 1. The number of nitrogens with one attached hydrogen (secondary N) is 1. The molecule has 1 saturated carbocycles. The van der Waals surface area contributed by atoms with Gasteiger partial charge >= 0.3 is 13.2 Å². The van der Waals surface area contributed by atoms with E-state index in [0.717, 1.165) is 17.4 Å². The minimum atomic E-state index is -0.563. The molecule has 3 rings (SSSR count). The summed E-state index contributed by atoms with van der Waals surface area (Å²) in [6, 6.07) is 8.11. The van der Waals surface area contributed by atoms with Gasteiger partial charge in [-0.05, 0) is 50.6 Å². The molecule has 148 valence electrons. The van der Waals surface area contributed by atoms with Gasteiger partial charge in [-0.25, -0.2) is 4.79 Å². The summed E-state index contributed by atoms with van der Waals surface area (Å²) < 4.78 is 18.1. The van der Waals surface area contributed by atoms with E-state index in [1.165, 1.54) is 0 Å². The summed E-state index contributed by atoms with van der Waals surface area (Å²) in [4.78, 5) is 12.0. The number of carbonyl (C=O) groups excluding carboxylic acids is 1. The summed E-state index contributed by atoms with van der Waals surface area (Å²) in [7, 11) is 1.20. The first kappa shape index (κ1) is 20.2. The summed E-state index contributed by atoms with van der Waals surface area (Å²) in [5.74, 6) is 0.282. The molecule has 1 heterocycles. The number of benzene rings is 1. The maximum atomic E-state index is 12.0. The first-order chi connectivity index (χ1) is 12.3. The zero-order valence-corrected chi connectivity index (χ0v) is 17.8. The molecule has 1 aromatic rings. The molecule has 1 N–H and O–H groups in total. The van der Waals surface area contributed by atoms with Gasteiger partial charge in [0.05, 0.1) is 11.2 Å². The van der Waals surface area contributed by atoms with E-state index in [2.05, 4.69) is 26.1 Å². The third kappa shape index (κ3) is 3.50. The van der Waals surface area contributed by atoms with Crippen LogP contribution >= 0.6 is 0 Å². The Morgan fingerprint density at radius 1 is 1.11 bits per heavy atom. The van der Waals surface area contributed by atoms with Gasteiger partial charge in [-0.3, -0.25) is 0 Å². The standard InChI is InChI=1S/C21H32BNO4/c1-18(2,3)16-13-21(16,25-17(24)23-8)14-9-11-15(12-10-14)22-26-19(4,5)20(6,7)27-22/h9-12,16H,13H2,1-8H3,(H,23,24). The van der Waals surface area contributed by atoms with E-state index in [4.69, 9.17) is 14.0 Å². The molecule has 0 spiro atoms. The van der Waals surface area contributed by atoms with Gasteiger partial charge in [0.2, 0.25) is 0 Å². The molecular weight excluding hydrogens is 341 g/mol. The molecule has 1 aromatic carbocycles. The lowest BCUT2D eigenvalue weighted by Crippen LogP contribution is -2.41. The van der Waals surface area contributed by atoms with E-state index in [9.17, 15) is 4.79 Å². The van der Waals surface area contributed by atoms with Gasteiger partial charge < -0.3 is 19.4 Å². The topological polar surface area (TPSA) is 56.8 Å². The molecule has 0 bridgehead atoms. The van der Waals surface area contributed by atoms with Crippen LogP contribution in [0.4, 0.5) is 4.79 Å². The van der Waals surface area contributed by atoms with Crippen molar-refractivity contribution in [2.45, 2.75) is 71.7 Å². The lowest BCUT2D eigenvalue weighted by Gasteiger charge is -2.32. The molecule has 27 heavy (non-hydrogen) atoms. The lowest BCUT2D eigenvalue weighted by atomic mass is 9.78. The molecule has 2 fully saturated rings. The van der Waals surface area contributed by atoms with E-state index < -0.39 is 18.8 Å². The first-order valence-electron chi connectivity index (χ1n) is 9.69. The van der Waals surface area contributed by atoms with Crippen LogP contribution in [0.15, 0.2) is 24.3 Å². The van der Waals surface area contributed by atoms with Gasteiger partial charge in [0.25, 0.3) is 0 Å². The molecule has 2 atom stereocenters. The van der Waals surface area contributed by atoms with Crippen molar-refractivity contribution < 1.29 is 18.8 Å². The van der Waals surface area contributed by atoms with E-state index in [1.807, 2.05) is 52.0 Å². The Bertz CT molecular complexity index is 707. The van der Waals surface area contributed by atoms with Crippen molar-refractivity contribution in [1.82, 2.24) is 5.32 Å². The summed E-state index contributed by atoms with van der Waals surface area (Å²) >= 11 is 0. The predicted molar refractivity (Wildman–Crippen MR) is 107 cm³/mol. The van der Waals surface area contributed by atoms with Crippen LogP contribution in [0.5, 0.6) is 0 Å². The van der Waals surface area contributed by atoms with Crippen molar-refractivity contribution in [2.75, 3.05) is 7.05 Å². The molecule has 5 nitrogen and oxygen atoms in total. The number of amides is 1. The van der Waals surface area contributed by atoms with Crippen molar-refractivity contribution >= 4 is 18.7 Å². The van der Waals surface area contributed by atoms with Crippen LogP contribution in [0.1, 0.15) is 60.5 Å². The highest BCUT2D eigenvalue weighted by Crippen LogP contribution is 2.62. The highest BCUT2D eigenvalue weighted by molar-refractivity contribution is 6.62. The molecule has 0 radical (unpaired) electrons. The van der Waals surface area contributed by atoms with Gasteiger partial charge in [-0.1, -0.05) is 45.0 Å². The van der Waals surface area contributed by atoms with Crippen molar-refractivity contribution in [3.63, 3.8) is 0 Å². The van der Waals surface area contributed by atoms with Crippen LogP contribution in [0, 0.1) is 11.3 Å². The van der Waals surface area contributed by atoms with Gasteiger partial charge in [0, 0.05) is 13.0 Å². The van der Waals surface area contributed by atoms with Crippen molar-refractivity contribution in [3.8, 4) is 0 Å². The van der Waals surface area contributed by atoms with Crippen LogP contribution in [-0.2, 0) is 19.6 Å². The highest BCUT2D eigenvalue weighted by atomic mass is 16.7. The Morgan fingerprint density at radius 3 is 2.04 bits per heavy atom. The van der Waals surface area contributed by atoms with Gasteiger partial charge in [0.15, 0.2) is 0 Å². The highest BCUT2D eigenvalue weighted by Gasteiger charge is 2.63. The minimum absolute atomic E-state index is 0.0540. The second kappa shape index (κ2) is 6.24. The Labute approximate surface area is 163 Å². The molecule has 1 saturated heterocycles. The molecule has 2 unspecified atom stereocenters. The average Bonchev–Trinajstić information content (AvgIpc) is 3.24. The van der Waals surface area contributed by atoms with Crippen LogP contribution in [0.25, 0.3) is 0 Å². The molecule has 0 aromatic heterocycles. The monoisotopic (exact) mass is 373 g/mol. The molecule has 6 heteroatoms. The smallest absolute Gasteiger partial charge is 0.438 e. The number of ether oxygens (including phenoxy) is 1. The number of rotatable bonds is 3. The lowest BCUT2D eigenvalue weighted by molar-refractivity contribution is 0.00578. The number of alkyl carbamates (subject to hydrolysis) is 1. The SMILES string of the molecule is CNC(=O)OC1(c2ccc(B3OC(C)(C)C(C)(C)O3)cc2)CC1C(C)(C)C. The fourth-order valence-electron chi connectivity index (χ4n) is 3.86. The zero-order valence-electron chi connectivity index (χ0n) is 17.8. The maximum Gasteiger partial charge on any atom is 0.494 e. The zero-order chi connectivity index (χ0) is 20.3. The van der Waals surface area contributed by atoms with Gasteiger partial charge in [-0.15, -0.1) is 0 Å². The summed E-state index contributed by atoms with van der Waals surface area (Å²) in [6.45, 7) is 14.7. The van der Waals surface area contributed by atoms with Crippen molar-refractivity contribution in [3.05, 3.63) is 29.8 Å². The summed E-state index contributed by atoms with van der Waals surface area (Å²) in [5.41, 5.74) is 0.749. The number of hydrogen-bond donors (Lipinski definition) is 1. The molecule has 1 aliphatic carbocycles. The van der Waals surface area contributed by atoms with Crippen LogP contribution in [-0.4, -0.2) is 31.5 Å². The van der Waals surface area contributed by atoms with Crippen LogP contribution in [0.2, 0.25) is 0 Å². The average molecular weight is 373 g/mol. The van der Waals surface area contributed by atoms with Crippen LogP contribution < -0.4 is 10.8 Å². The van der Waals surface area contributed by atoms with E-state index in [0.29, 0.717) is 0 Å². The molecule has 1 aliphatic heterocycles. The second-order valence-corrected chi connectivity index (χ2v) is 9.86. The molecule has 2 aliphatic rings. The van der Waals surface area contributed by atoms with Gasteiger partial charge in [0.1, 0.15) is 5.60 Å². The van der Waals surface area contributed by atoms with E-state index >= 15 is 0 Å². The Hall–Kier alpha value is -1.53. The number of hydrogen-bond acceptors (Lipinski definition) is 4. The molecular formula is C21H32BNO4. The minimum Gasteiger partial charge on any atom is -0.438 e. The van der Waals surface area contributed by atoms with Crippen molar-refractivity contribution in [2.24, 2.45) is 11.3 Å². The largest absolute Gasteiger partial charge is 0.494 e. The summed E-state index contributed by atoms with van der Waals surface area (Å²) in [5, 5.41) is 2.58. The fourth-order valence-corrected chi connectivity index (χ4v) is 3.86. The fraction of sp³-hybridized carbons (Fsp3) is 0.667. The first-order valence-corrected chi connectivity index (χ1v) is 9.69. The van der Waals surface area contributed by atoms with Gasteiger partial charge in [-0.2, -0.15) is 0 Å². The van der Waals surface area contributed by atoms with Crippen LogP contribution in [0.3, 0.4) is 0 Å². The quantitative estimate of drug-likeness (QED) is 0.823. The Balaban J connectivity index is 1.84. The third-order valence-corrected chi connectivity index (χ3v) is 6.36.